The quantitative estimate of drug-likeness (QED) is 0.604. The fourth-order valence-corrected chi connectivity index (χ4v) is 4.59. The van der Waals surface area contributed by atoms with E-state index >= 15 is 0 Å². The maximum atomic E-state index is 13.0. The molecule has 146 valence electrons. The molecule has 0 saturated carbocycles. The van der Waals surface area contributed by atoms with Crippen LogP contribution in [-0.4, -0.2) is 16.8 Å². The number of hydrogen-bond donors (Lipinski definition) is 2. The van der Waals surface area contributed by atoms with Crippen LogP contribution in [0.4, 0.5) is 15.8 Å². The number of anilines is 2. The largest absolute Gasteiger partial charge is 0.280 e. The predicted octanol–water partition coefficient (Wildman–Crippen LogP) is 4.08. The number of sulfonamides is 2. The Bertz CT molecular complexity index is 1200. The molecule has 0 saturated heterocycles. The number of halogens is 2. The monoisotopic (exact) mass is 440 g/mol. The number of hydrogen-bond acceptors (Lipinski definition) is 4. The van der Waals surface area contributed by atoms with Crippen LogP contribution in [0.25, 0.3) is 0 Å². The van der Waals surface area contributed by atoms with Crippen LogP contribution in [0.15, 0.2) is 82.6 Å². The second kappa shape index (κ2) is 7.78. The van der Waals surface area contributed by atoms with Crippen molar-refractivity contribution >= 4 is 43.0 Å². The number of benzene rings is 3. The highest BCUT2D eigenvalue weighted by atomic mass is 35.5. The zero-order chi connectivity index (χ0) is 20.4. The van der Waals surface area contributed by atoms with Crippen molar-refractivity contribution in [1.82, 2.24) is 0 Å². The van der Waals surface area contributed by atoms with Crippen LogP contribution >= 0.6 is 11.6 Å². The van der Waals surface area contributed by atoms with Gasteiger partial charge in [0.05, 0.1) is 15.5 Å². The highest BCUT2D eigenvalue weighted by Crippen LogP contribution is 2.22. The van der Waals surface area contributed by atoms with E-state index in [0.29, 0.717) is 10.7 Å². The van der Waals surface area contributed by atoms with Gasteiger partial charge >= 0.3 is 0 Å². The summed E-state index contributed by atoms with van der Waals surface area (Å²) in [5.41, 5.74) is 0.458. The molecular formula is C18H14ClFN2O4S2. The van der Waals surface area contributed by atoms with Gasteiger partial charge in [-0.1, -0.05) is 17.7 Å². The summed E-state index contributed by atoms with van der Waals surface area (Å²) in [6.45, 7) is 0. The number of rotatable bonds is 6. The van der Waals surface area contributed by atoms with Gasteiger partial charge in [0.25, 0.3) is 20.0 Å². The lowest BCUT2D eigenvalue weighted by Gasteiger charge is -2.11. The molecule has 0 bridgehead atoms. The van der Waals surface area contributed by atoms with E-state index in [1.54, 1.807) is 18.2 Å². The molecule has 0 aliphatic carbocycles. The molecule has 10 heteroatoms. The Morgan fingerprint density at radius 3 is 1.71 bits per heavy atom. The van der Waals surface area contributed by atoms with E-state index in [1.807, 2.05) is 0 Å². The van der Waals surface area contributed by atoms with Gasteiger partial charge in [-0.2, -0.15) is 0 Å². The molecule has 0 amide bonds. The molecule has 0 aliphatic rings. The zero-order valence-corrected chi connectivity index (χ0v) is 16.5. The standard InChI is InChI=1S/C18H14ClFN2O4S2/c19-13-2-1-3-16(12-13)22-28(25,26)18-10-6-15(7-11-18)21-27(23,24)17-8-4-14(20)5-9-17/h1-12,21-22H. The minimum absolute atomic E-state index is 0.0581. The zero-order valence-electron chi connectivity index (χ0n) is 14.1. The predicted molar refractivity (Wildman–Crippen MR) is 106 cm³/mol. The fraction of sp³-hybridized carbons (Fsp3) is 0. The first-order chi connectivity index (χ1) is 13.2. The van der Waals surface area contributed by atoms with Crippen molar-refractivity contribution in [3.8, 4) is 0 Å². The summed E-state index contributed by atoms with van der Waals surface area (Å²) in [4.78, 5) is -0.176. The Labute approximate surface area is 167 Å². The van der Waals surface area contributed by atoms with Gasteiger partial charge in [0.2, 0.25) is 0 Å². The molecule has 2 N–H and O–H groups in total. The summed E-state index contributed by atoms with van der Waals surface area (Å²) >= 11 is 5.84. The van der Waals surface area contributed by atoms with Crippen LogP contribution in [0.5, 0.6) is 0 Å². The van der Waals surface area contributed by atoms with Gasteiger partial charge in [-0.05, 0) is 66.7 Å². The van der Waals surface area contributed by atoms with E-state index in [4.69, 9.17) is 11.6 Å². The molecule has 28 heavy (non-hydrogen) atoms. The van der Waals surface area contributed by atoms with E-state index in [1.165, 1.54) is 30.3 Å². The molecular weight excluding hydrogens is 427 g/mol. The first kappa shape index (κ1) is 20.1. The van der Waals surface area contributed by atoms with E-state index in [-0.39, 0.29) is 15.5 Å². The number of nitrogens with one attached hydrogen (secondary N) is 2. The first-order valence-corrected chi connectivity index (χ1v) is 11.2. The Hall–Kier alpha value is -2.62. The molecule has 0 fully saturated rings. The Morgan fingerprint density at radius 1 is 0.679 bits per heavy atom. The van der Waals surface area contributed by atoms with E-state index < -0.39 is 25.9 Å². The smallest absolute Gasteiger partial charge is 0.261 e. The van der Waals surface area contributed by atoms with Gasteiger partial charge < -0.3 is 0 Å². The molecule has 0 heterocycles. The van der Waals surface area contributed by atoms with Gasteiger partial charge in [0, 0.05) is 10.7 Å². The Balaban J connectivity index is 1.78. The average molecular weight is 441 g/mol. The third-order valence-electron chi connectivity index (χ3n) is 3.62. The molecule has 3 aromatic rings. The summed E-state index contributed by atoms with van der Waals surface area (Å²) in [7, 11) is -7.80. The second-order valence-corrected chi connectivity index (χ2v) is 9.50. The van der Waals surface area contributed by atoms with E-state index in [9.17, 15) is 21.2 Å². The van der Waals surface area contributed by atoms with Crippen molar-refractivity contribution in [2.75, 3.05) is 9.44 Å². The Morgan fingerprint density at radius 2 is 1.18 bits per heavy atom. The summed E-state index contributed by atoms with van der Waals surface area (Å²) in [5.74, 6) is -0.555. The van der Waals surface area contributed by atoms with E-state index in [2.05, 4.69) is 9.44 Å². The van der Waals surface area contributed by atoms with Crippen LogP contribution in [0.2, 0.25) is 5.02 Å². The summed E-state index contributed by atoms with van der Waals surface area (Å²) in [6, 6.07) is 15.7. The third-order valence-corrected chi connectivity index (χ3v) is 6.65. The maximum absolute atomic E-state index is 13.0. The minimum Gasteiger partial charge on any atom is -0.280 e. The van der Waals surface area contributed by atoms with Crippen LogP contribution in [-0.2, 0) is 20.0 Å². The summed E-state index contributed by atoms with van der Waals surface area (Å²) in [5, 5.41) is 0.380. The highest BCUT2D eigenvalue weighted by Gasteiger charge is 2.17. The summed E-state index contributed by atoms with van der Waals surface area (Å²) in [6.07, 6.45) is 0. The highest BCUT2D eigenvalue weighted by molar-refractivity contribution is 7.93. The molecule has 3 aromatic carbocycles. The SMILES string of the molecule is O=S(=O)(Nc1ccc(S(=O)(=O)Nc2cccc(Cl)c2)cc1)c1ccc(F)cc1. The lowest BCUT2D eigenvalue weighted by atomic mass is 10.3. The summed E-state index contributed by atoms with van der Waals surface area (Å²) < 4.78 is 67.1. The molecule has 0 unspecified atom stereocenters. The van der Waals surface area contributed by atoms with Gasteiger partial charge in [-0.3, -0.25) is 9.44 Å². The lowest BCUT2D eigenvalue weighted by molar-refractivity contribution is 0.599. The van der Waals surface area contributed by atoms with Crippen LogP contribution in [0, 0.1) is 5.82 Å². The normalized spacial score (nSPS) is 11.8. The van der Waals surface area contributed by atoms with Crippen molar-refractivity contribution in [3.05, 3.63) is 83.6 Å². The molecule has 3 rings (SSSR count). The Kier molecular flexibility index (Phi) is 5.59. The van der Waals surface area contributed by atoms with Crippen molar-refractivity contribution in [3.63, 3.8) is 0 Å². The van der Waals surface area contributed by atoms with Crippen molar-refractivity contribution in [2.45, 2.75) is 9.79 Å². The second-order valence-electron chi connectivity index (χ2n) is 5.70. The van der Waals surface area contributed by atoms with Gasteiger partial charge in [0.1, 0.15) is 5.82 Å². The van der Waals surface area contributed by atoms with Crippen LogP contribution < -0.4 is 9.44 Å². The minimum atomic E-state index is -3.93. The molecule has 6 nitrogen and oxygen atoms in total. The van der Waals surface area contributed by atoms with Crippen LogP contribution in [0.3, 0.4) is 0 Å². The first-order valence-electron chi connectivity index (χ1n) is 7.83. The van der Waals surface area contributed by atoms with Gasteiger partial charge in [-0.15, -0.1) is 0 Å². The molecule has 0 spiro atoms. The fourth-order valence-electron chi connectivity index (χ4n) is 2.30. The van der Waals surface area contributed by atoms with Gasteiger partial charge in [0.15, 0.2) is 0 Å². The molecule has 0 aromatic heterocycles. The molecule has 0 atom stereocenters. The van der Waals surface area contributed by atoms with Crippen molar-refractivity contribution in [1.29, 1.82) is 0 Å². The van der Waals surface area contributed by atoms with Crippen molar-refractivity contribution < 1.29 is 21.2 Å². The third kappa shape index (κ3) is 4.80. The molecule has 0 aliphatic heterocycles. The topological polar surface area (TPSA) is 92.3 Å². The van der Waals surface area contributed by atoms with Crippen molar-refractivity contribution in [2.24, 2.45) is 0 Å². The molecule has 0 radical (unpaired) electrons. The van der Waals surface area contributed by atoms with Gasteiger partial charge in [-0.25, -0.2) is 21.2 Å². The maximum Gasteiger partial charge on any atom is 0.261 e. The average Bonchev–Trinajstić information content (AvgIpc) is 2.62. The van der Waals surface area contributed by atoms with Crippen LogP contribution in [0.1, 0.15) is 0 Å². The van der Waals surface area contributed by atoms with E-state index in [0.717, 1.165) is 24.3 Å². The lowest BCUT2D eigenvalue weighted by Crippen LogP contribution is -2.14.